The molecule has 1 unspecified atom stereocenters. The van der Waals surface area contributed by atoms with Gasteiger partial charge in [0, 0.05) is 25.7 Å². The number of sulfonamides is 1. The highest BCUT2D eigenvalue weighted by Crippen LogP contribution is 2.28. The number of carbonyl (C=O) groups is 1. The molecule has 0 aliphatic carbocycles. The summed E-state index contributed by atoms with van der Waals surface area (Å²) in [5, 5.41) is 0. The van der Waals surface area contributed by atoms with Gasteiger partial charge in [-0.2, -0.15) is 4.31 Å². The maximum atomic E-state index is 13.0. The van der Waals surface area contributed by atoms with Gasteiger partial charge in [0.2, 0.25) is 10.0 Å². The Bertz CT molecular complexity index is 714. The topological polar surface area (TPSA) is 66.9 Å². The van der Waals surface area contributed by atoms with Gasteiger partial charge in [0.1, 0.15) is 5.75 Å². The van der Waals surface area contributed by atoms with Gasteiger partial charge in [-0.15, -0.1) is 0 Å². The quantitative estimate of drug-likeness (QED) is 0.774. The van der Waals surface area contributed by atoms with E-state index >= 15 is 0 Å². The van der Waals surface area contributed by atoms with E-state index in [-0.39, 0.29) is 16.8 Å². The van der Waals surface area contributed by atoms with Crippen LogP contribution in [0.2, 0.25) is 0 Å². The Balaban J connectivity index is 2.45. The molecule has 1 aromatic rings. The zero-order valence-electron chi connectivity index (χ0n) is 15.5. The number of ether oxygens (including phenoxy) is 1. The van der Waals surface area contributed by atoms with Crippen molar-refractivity contribution in [1.82, 2.24) is 9.21 Å². The normalized spacial score (nSPS) is 18.4. The highest BCUT2D eigenvalue weighted by molar-refractivity contribution is 7.89. The van der Waals surface area contributed by atoms with Crippen molar-refractivity contribution in [3.63, 3.8) is 0 Å². The van der Waals surface area contributed by atoms with Crippen molar-refractivity contribution >= 4 is 15.9 Å². The van der Waals surface area contributed by atoms with Crippen molar-refractivity contribution in [2.45, 2.75) is 51.0 Å². The number of hydrogen-bond donors (Lipinski definition) is 0. The predicted octanol–water partition coefficient (Wildman–Crippen LogP) is 2.74. The summed E-state index contributed by atoms with van der Waals surface area (Å²) in [5.74, 6) is 0.238. The van der Waals surface area contributed by atoms with E-state index in [0.717, 1.165) is 19.3 Å². The summed E-state index contributed by atoms with van der Waals surface area (Å²) in [6.07, 6.45) is 3.04. The summed E-state index contributed by atoms with van der Waals surface area (Å²) < 4.78 is 32.2. The van der Waals surface area contributed by atoms with Gasteiger partial charge in [0.05, 0.1) is 17.6 Å². The second-order valence-electron chi connectivity index (χ2n) is 6.29. The average molecular weight is 368 g/mol. The van der Waals surface area contributed by atoms with Crippen LogP contribution >= 0.6 is 0 Å². The van der Waals surface area contributed by atoms with Crippen LogP contribution in [0.5, 0.6) is 5.75 Å². The minimum atomic E-state index is -3.62. The molecule has 1 fully saturated rings. The van der Waals surface area contributed by atoms with Crippen LogP contribution in [0.3, 0.4) is 0 Å². The van der Waals surface area contributed by atoms with Crippen molar-refractivity contribution in [2.24, 2.45) is 0 Å². The summed E-state index contributed by atoms with van der Waals surface area (Å²) in [6.45, 7) is 7.09. The van der Waals surface area contributed by atoms with E-state index in [1.807, 2.05) is 11.8 Å². The number of piperidine rings is 1. The lowest BCUT2D eigenvalue weighted by Crippen LogP contribution is -2.42. The second-order valence-corrected chi connectivity index (χ2v) is 8.23. The Morgan fingerprint density at radius 2 is 1.96 bits per heavy atom. The molecule has 1 aliphatic heterocycles. The molecule has 25 heavy (non-hydrogen) atoms. The van der Waals surface area contributed by atoms with E-state index in [2.05, 4.69) is 0 Å². The molecule has 1 aromatic carbocycles. The maximum Gasteiger partial charge on any atom is 0.257 e. The zero-order chi connectivity index (χ0) is 18.6. The van der Waals surface area contributed by atoms with Crippen molar-refractivity contribution in [3.8, 4) is 5.75 Å². The fourth-order valence-electron chi connectivity index (χ4n) is 3.28. The number of hydrogen-bond acceptors (Lipinski definition) is 4. The van der Waals surface area contributed by atoms with E-state index in [4.69, 9.17) is 4.74 Å². The van der Waals surface area contributed by atoms with E-state index in [1.54, 1.807) is 19.9 Å². The molecular formula is C18H28N2O4S. The maximum absolute atomic E-state index is 13.0. The average Bonchev–Trinajstić information content (AvgIpc) is 2.61. The summed E-state index contributed by atoms with van der Waals surface area (Å²) in [4.78, 5) is 15.0. The first-order chi connectivity index (χ1) is 11.9. The molecule has 2 rings (SSSR count). The molecule has 0 bridgehead atoms. The SMILES string of the molecule is CCN(CC)S(=O)(=O)c1ccc(OC)c(C(=O)N2CCCCC2C)c1. The third-order valence-electron chi connectivity index (χ3n) is 4.81. The summed E-state index contributed by atoms with van der Waals surface area (Å²) in [6, 6.07) is 4.67. The first-order valence-electron chi connectivity index (χ1n) is 8.85. The molecule has 6 nitrogen and oxygen atoms in total. The van der Waals surface area contributed by atoms with Crippen molar-refractivity contribution in [1.29, 1.82) is 0 Å². The molecule has 7 heteroatoms. The fourth-order valence-corrected chi connectivity index (χ4v) is 4.77. The summed E-state index contributed by atoms with van der Waals surface area (Å²) >= 11 is 0. The van der Waals surface area contributed by atoms with Crippen LogP contribution < -0.4 is 4.74 Å². The van der Waals surface area contributed by atoms with E-state index in [0.29, 0.717) is 30.9 Å². The molecule has 0 aromatic heterocycles. The van der Waals surface area contributed by atoms with Gasteiger partial charge in [-0.25, -0.2) is 8.42 Å². The molecule has 1 amide bonds. The van der Waals surface area contributed by atoms with Crippen LogP contribution in [-0.4, -0.2) is 56.3 Å². The first-order valence-corrected chi connectivity index (χ1v) is 10.3. The molecule has 1 heterocycles. The molecule has 1 aliphatic rings. The van der Waals surface area contributed by atoms with Crippen LogP contribution in [0.15, 0.2) is 23.1 Å². The summed E-state index contributed by atoms with van der Waals surface area (Å²) in [7, 11) is -2.13. The molecule has 1 atom stereocenters. The molecular weight excluding hydrogens is 340 g/mol. The van der Waals surface area contributed by atoms with E-state index < -0.39 is 10.0 Å². The minimum Gasteiger partial charge on any atom is -0.496 e. The molecule has 1 saturated heterocycles. The van der Waals surface area contributed by atoms with Crippen molar-refractivity contribution in [2.75, 3.05) is 26.7 Å². The zero-order valence-corrected chi connectivity index (χ0v) is 16.3. The standard InChI is InChI=1S/C18H28N2O4S/c1-5-19(6-2)25(22,23)15-10-11-17(24-4)16(13-15)18(21)20-12-8-7-9-14(20)3/h10-11,13-14H,5-9,12H2,1-4H3. The first kappa shape index (κ1) is 19.7. The fraction of sp³-hybridized carbons (Fsp3) is 0.611. The Labute approximate surface area is 150 Å². The number of methoxy groups -OCH3 is 1. The lowest BCUT2D eigenvalue weighted by atomic mass is 10.0. The third-order valence-corrected chi connectivity index (χ3v) is 6.85. The van der Waals surface area contributed by atoms with Gasteiger partial charge in [-0.1, -0.05) is 13.8 Å². The lowest BCUT2D eigenvalue weighted by molar-refractivity contribution is 0.0632. The highest BCUT2D eigenvalue weighted by Gasteiger charge is 2.29. The predicted molar refractivity (Wildman–Crippen MR) is 97.5 cm³/mol. The number of nitrogens with zero attached hydrogens (tertiary/aromatic N) is 2. The Morgan fingerprint density at radius 3 is 2.52 bits per heavy atom. The van der Waals surface area contributed by atoms with Crippen LogP contribution in [-0.2, 0) is 10.0 Å². The number of amides is 1. The Kier molecular flexibility index (Phi) is 6.46. The molecule has 0 spiro atoms. The molecule has 0 saturated carbocycles. The Hall–Kier alpha value is -1.60. The van der Waals surface area contributed by atoms with Gasteiger partial charge in [-0.05, 0) is 44.4 Å². The molecule has 0 radical (unpaired) electrons. The van der Waals surface area contributed by atoms with Crippen LogP contribution in [0.4, 0.5) is 0 Å². The van der Waals surface area contributed by atoms with Crippen molar-refractivity contribution < 1.29 is 17.9 Å². The van der Waals surface area contributed by atoms with Gasteiger partial charge >= 0.3 is 0 Å². The molecule has 0 N–H and O–H groups in total. The van der Waals surface area contributed by atoms with Gasteiger partial charge < -0.3 is 9.64 Å². The lowest BCUT2D eigenvalue weighted by Gasteiger charge is -2.33. The van der Waals surface area contributed by atoms with Gasteiger partial charge in [-0.3, -0.25) is 4.79 Å². The second kappa shape index (κ2) is 8.19. The minimum absolute atomic E-state index is 0.130. The van der Waals surface area contributed by atoms with Gasteiger partial charge in [0.15, 0.2) is 0 Å². The van der Waals surface area contributed by atoms with Crippen molar-refractivity contribution in [3.05, 3.63) is 23.8 Å². The van der Waals surface area contributed by atoms with Crippen LogP contribution in [0, 0.1) is 0 Å². The monoisotopic (exact) mass is 368 g/mol. The Morgan fingerprint density at radius 1 is 1.28 bits per heavy atom. The third kappa shape index (κ3) is 3.98. The van der Waals surface area contributed by atoms with Crippen LogP contribution in [0.25, 0.3) is 0 Å². The smallest absolute Gasteiger partial charge is 0.257 e. The largest absolute Gasteiger partial charge is 0.496 e. The number of carbonyl (C=O) groups excluding carboxylic acids is 1. The number of benzene rings is 1. The van der Waals surface area contributed by atoms with E-state index in [9.17, 15) is 13.2 Å². The molecule has 140 valence electrons. The van der Waals surface area contributed by atoms with E-state index in [1.165, 1.54) is 23.5 Å². The van der Waals surface area contributed by atoms with Crippen LogP contribution in [0.1, 0.15) is 50.4 Å². The number of likely N-dealkylation sites (tertiary alicyclic amines) is 1. The summed E-state index contributed by atoms with van der Waals surface area (Å²) in [5.41, 5.74) is 0.310. The number of rotatable bonds is 6. The highest BCUT2D eigenvalue weighted by atomic mass is 32.2. The van der Waals surface area contributed by atoms with Gasteiger partial charge in [0.25, 0.3) is 5.91 Å².